The Morgan fingerprint density at radius 3 is 2.67 bits per heavy atom. The summed E-state index contributed by atoms with van der Waals surface area (Å²) in [7, 11) is 1.50. The third-order valence-electron chi connectivity index (χ3n) is 2.40. The number of ether oxygens (including phenoxy) is 2. The molecule has 0 aliphatic rings. The normalized spacial score (nSPS) is 11.9. The average molecular weight is 254 g/mol. The van der Waals surface area contributed by atoms with Gasteiger partial charge in [-0.2, -0.15) is 0 Å². The second kappa shape index (κ2) is 6.86. The maximum absolute atomic E-state index is 10.5. The summed E-state index contributed by atoms with van der Waals surface area (Å²) < 4.78 is 10.6. The van der Waals surface area contributed by atoms with Crippen LogP contribution in [0.15, 0.2) is 18.2 Å². The highest BCUT2D eigenvalue weighted by Gasteiger charge is 2.14. The molecule has 0 aliphatic heterocycles. The van der Waals surface area contributed by atoms with Gasteiger partial charge in [-0.15, -0.1) is 0 Å². The Balaban J connectivity index is 2.86. The lowest BCUT2D eigenvalue weighted by molar-refractivity contribution is -0.139. The van der Waals surface area contributed by atoms with Gasteiger partial charge in [-0.1, -0.05) is 13.0 Å². The Morgan fingerprint density at radius 2 is 2.11 bits per heavy atom. The molecule has 0 radical (unpaired) electrons. The Labute approximate surface area is 106 Å². The van der Waals surface area contributed by atoms with Crippen molar-refractivity contribution >= 4 is 5.97 Å². The van der Waals surface area contributed by atoms with Gasteiger partial charge < -0.3 is 19.7 Å². The number of methoxy groups -OCH3 is 1. The van der Waals surface area contributed by atoms with Crippen LogP contribution in [0.3, 0.4) is 0 Å². The van der Waals surface area contributed by atoms with Gasteiger partial charge in [0, 0.05) is 0 Å². The number of carboxylic acids is 1. The third kappa shape index (κ3) is 3.92. The lowest BCUT2D eigenvalue weighted by Crippen LogP contribution is -2.06. The van der Waals surface area contributed by atoms with E-state index in [2.05, 4.69) is 0 Å². The van der Waals surface area contributed by atoms with Crippen LogP contribution in [-0.4, -0.2) is 29.9 Å². The van der Waals surface area contributed by atoms with Crippen molar-refractivity contribution in [3.63, 3.8) is 0 Å². The number of aliphatic hydroxyl groups is 1. The zero-order chi connectivity index (χ0) is 13.5. The zero-order valence-corrected chi connectivity index (χ0v) is 10.5. The van der Waals surface area contributed by atoms with E-state index in [0.29, 0.717) is 23.7 Å². The Hall–Kier alpha value is -1.75. The monoisotopic (exact) mass is 254 g/mol. The number of hydrogen-bond donors (Lipinski definition) is 2. The minimum Gasteiger partial charge on any atom is -0.493 e. The van der Waals surface area contributed by atoms with E-state index >= 15 is 0 Å². The van der Waals surface area contributed by atoms with Crippen LogP contribution in [0.25, 0.3) is 0 Å². The van der Waals surface area contributed by atoms with Gasteiger partial charge in [0.1, 0.15) is 0 Å². The van der Waals surface area contributed by atoms with Gasteiger partial charge in [0.2, 0.25) is 0 Å². The van der Waals surface area contributed by atoms with Crippen LogP contribution in [0.4, 0.5) is 0 Å². The van der Waals surface area contributed by atoms with E-state index < -0.39 is 12.1 Å². The van der Waals surface area contributed by atoms with Crippen LogP contribution >= 0.6 is 0 Å². The summed E-state index contributed by atoms with van der Waals surface area (Å²) in [4.78, 5) is 10.5. The van der Waals surface area contributed by atoms with Gasteiger partial charge in [-0.05, 0) is 24.1 Å². The topological polar surface area (TPSA) is 76.0 Å². The lowest BCUT2D eigenvalue weighted by atomic mass is 10.1. The summed E-state index contributed by atoms with van der Waals surface area (Å²) in [5, 5.41) is 18.3. The molecule has 1 aromatic rings. The van der Waals surface area contributed by atoms with E-state index in [1.54, 1.807) is 18.2 Å². The van der Waals surface area contributed by atoms with Crippen LogP contribution in [-0.2, 0) is 4.79 Å². The summed E-state index contributed by atoms with van der Waals surface area (Å²) in [6, 6.07) is 4.91. The molecule has 5 heteroatoms. The number of aliphatic hydroxyl groups excluding tert-OH is 1. The maximum atomic E-state index is 10.5. The predicted molar refractivity (Wildman–Crippen MR) is 66.0 cm³/mol. The predicted octanol–water partition coefficient (Wildman–Crippen LogP) is 1.99. The molecule has 0 aliphatic carbocycles. The van der Waals surface area contributed by atoms with Crippen LogP contribution in [0.2, 0.25) is 0 Å². The molecule has 1 rings (SSSR count). The zero-order valence-electron chi connectivity index (χ0n) is 10.5. The number of rotatable bonds is 7. The number of aliphatic carboxylic acids is 1. The quantitative estimate of drug-likeness (QED) is 0.778. The standard InChI is InChI=1S/C13H18O5/c1-3-6-18-11-5-4-9(7-12(11)17-2)10(14)8-13(15)16/h4-5,7,10,14H,3,6,8H2,1-2H3,(H,15,16). The first kappa shape index (κ1) is 14.3. The fourth-order valence-corrected chi connectivity index (χ4v) is 1.51. The molecule has 0 saturated heterocycles. The third-order valence-corrected chi connectivity index (χ3v) is 2.40. The van der Waals surface area contributed by atoms with Gasteiger partial charge >= 0.3 is 5.97 Å². The summed E-state index contributed by atoms with van der Waals surface area (Å²) in [5.74, 6) is 0.0313. The molecule has 0 bridgehead atoms. The second-order valence-electron chi connectivity index (χ2n) is 3.87. The molecule has 0 amide bonds. The molecule has 100 valence electrons. The molecule has 1 aromatic carbocycles. The fourth-order valence-electron chi connectivity index (χ4n) is 1.51. The Kier molecular flexibility index (Phi) is 5.45. The molecular weight excluding hydrogens is 236 g/mol. The van der Waals surface area contributed by atoms with Crippen molar-refractivity contribution in [3.8, 4) is 11.5 Å². The van der Waals surface area contributed by atoms with Crippen molar-refractivity contribution in [1.82, 2.24) is 0 Å². The molecule has 0 fully saturated rings. The lowest BCUT2D eigenvalue weighted by Gasteiger charge is -2.14. The summed E-state index contributed by atoms with van der Waals surface area (Å²) in [5.41, 5.74) is 0.498. The minimum atomic E-state index is -1.05. The largest absolute Gasteiger partial charge is 0.493 e. The maximum Gasteiger partial charge on any atom is 0.306 e. The summed E-state index contributed by atoms with van der Waals surface area (Å²) >= 11 is 0. The van der Waals surface area contributed by atoms with Crippen LogP contribution in [0, 0.1) is 0 Å². The molecule has 18 heavy (non-hydrogen) atoms. The smallest absolute Gasteiger partial charge is 0.306 e. The molecule has 1 unspecified atom stereocenters. The highest BCUT2D eigenvalue weighted by atomic mass is 16.5. The summed E-state index contributed by atoms with van der Waals surface area (Å²) in [6.45, 7) is 2.57. The van der Waals surface area contributed by atoms with Gasteiger partial charge in [-0.3, -0.25) is 4.79 Å². The number of carbonyl (C=O) groups is 1. The van der Waals surface area contributed by atoms with Crippen molar-refractivity contribution < 1.29 is 24.5 Å². The molecule has 0 spiro atoms. The van der Waals surface area contributed by atoms with Crippen molar-refractivity contribution in [2.75, 3.05) is 13.7 Å². The van der Waals surface area contributed by atoms with Gasteiger partial charge in [0.15, 0.2) is 11.5 Å². The summed E-state index contributed by atoms with van der Waals surface area (Å²) in [6.07, 6.45) is -0.498. The van der Waals surface area contributed by atoms with E-state index in [1.165, 1.54) is 7.11 Å². The van der Waals surface area contributed by atoms with Crippen LogP contribution in [0.5, 0.6) is 11.5 Å². The first-order chi connectivity index (χ1) is 8.58. The highest BCUT2D eigenvalue weighted by molar-refractivity contribution is 5.67. The number of hydrogen-bond acceptors (Lipinski definition) is 4. The Morgan fingerprint density at radius 1 is 1.39 bits per heavy atom. The second-order valence-corrected chi connectivity index (χ2v) is 3.87. The molecule has 0 saturated carbocycles. The van der Waals surface area contributed by atoms with Crippen molar-refractivity contribution in [2.24, 2.45) is 0 Å². The highest BCUT2D eigenvalue weighted by Crippen LogP contribution is 2.31. The van der Waals surface area contributed by atoms with E-state index in [9.17, 15) is 9.90 Å². The van der Waals surface area contributed by atoms with E-state index in [1.807, 2.05) is 6.92 Å². The molecule has 0 aromatic heterocycles. The first-order valence-electron chi connectivity index (χ1n) is 5.79. The van der Waals surface area contributed by atoms with E-state index in [0.717, 1.165) is 6.42 Å². The average Bonchev–Trinajstić information content (AvgIpc) is 2.35. The molecular formula is C13H18O5. The molecule has 2 N–H and O–H groups in total. The van der Waals surface area contributed by atoms with Gasteiger partial charge in [0.25, 0.3) is 0 Å². The SMILES string of the molecule is CCCOc1ccc(C(O)CC(=O)O)cc1OC. The van der Waals surface area contributed by atoms with E-state index in [4.69, 9.17) is 14.6 Å². The fraction of sp³-hybridized carbons (Fsp3) is 0.462. The van der Waals surface area contributed by atoms with Gasteiger partial charge in [-0.25, -0.2) is 0 Å². The molecule has 0 heterocycles. The minimum absolute atomic E-state index is 0.335. The first-order valence-corrected chi connectivity index (χ1v) is 5.79. The molecule has 5 nitrogen and oxygen atoms in total. The number of benzene rings is 1. The van der Waals surface area contributed by atoms with Crippen molar-refractivity contribution in [2.45, 2.75) is 25.9 Å². The van der Waals surface area contributed by atoms with Crippen LogP contribution < -0.4 is 9.47 Å². The van der Waals surface area contributed by atoms with E-state index in [-0.39, 0.29) is 6.42 Å². The van der Waals surface area contributed by atoms with Crippen molar-refractivity contribution in [1.29, 1.82) is 0 Å². The number of carboxylic acid groups (broad SMARTS) is 1. The van der Waals surface area contributed by atoms with Crippen molar-refractivity contribution in [3.05, 3.63) is 23.8 Å². The van der Waals surface area contributed by atoms with Crippen LogP contribution in [0.1, 0.15) is 31.4 Å². The Bertz CT molecular complexity index is 402. The molecule has 1 atom stereocenters. The van der Waals surface area contributed by atoms with Gasteiger partial charge in [0.05, 0.1) is 26.2 Å².